The molecule has 0 spiro atoms. The van der Waals surface area contributed by atoms with Crippen molar-refractivity contribution in [2.24, 2.45) is 0 Å². The van der Waals surface area contributed by atoms with E-state index in [0.29, 0.717) is 16.6 Å². The fourth-order valence-electron chi connectivity index (χ4n) is 3.85. The van der Waals surface area contributed by atoms with E-state index in [-0.39, 0.29) is 23.3 Å². The largest absolute Gasteiger partial charge is 0.505 e. The average Bonchev–Trinajstić information content (AvgIpc) is 3.38. The van der Waals surface area contributed by atoms with Crippen LogP contribution in [0.3, 0.4) is 0 Å². The predicted octanol–water partition coefficient (Wildman–Crippen LogP) is 6.19. The van der Waals surface area contributed by atoms with Crippen LogP contribution in [0.25, 0.3) is 22.2 Å². The zero-order valence-corrected chi connectivity index (χ0v) is 17.9. The minimum absolute atomic E-state index is 0.120. The first-order valence-corrected chi connectivity index (χ1v) is 11.2. The van der Waals surface area contributed by atoms with Crippen molar-refractivity contribution in [1.82, 2.24) is 10.3 Å². The van der Waals surface area contributed by atoms with Gasteiger partial charge in [-0.2, -0.15) is 0 Å². The molecule has 1 unspecified atom stereocenters. The summed E-state index contributed by atoms with van der Waals surface area (Å²) in [4.78, 5) is 19.3. The number of aromatic nitrogens is 1. The van der Waals surface area contributed by atoms with Crippen molar-refractivity contribution in [3.63, 3.8) is 0 Å². The normalized spacial score (nSPS) is 11.9. The number of para-hydroxylation sites is 1. The Labute approximate surface area is 189 Å². The third-order valence-corrected chi connectivity index (χ3v) is 6.31. The van der Waals surface area contributed by atoms with Crippen LogP contribution in [-0.4, -0.2) is 16.0 Å². The number of pyridine rings is 1. The lowest BCUT2D eigenvalue weighted by Crippen LogP contribution is -2.29. The summed E-state index contributed by atoms with van der Waals surface area (Å²) in [6, 6.07) is 30.3. The molecule has 0 fully saturated rings. The van der Waals surface area contributed by atoms with Crippen LogP contribution in [-0.2, 0) is 0 Å². The Morgan fingerprint density at radius 1 is 0.844 bits per heavy atom. The van der Waals surface area contributed by atoms with E-state index in [0.717, 1.165) is 16.0 Å². The SMILES string of the molecule is O=C(NC(c1ccccc1)c1cccs1)c1c(O)c(-c2ccccc2)nc2ccccc12. The van der Waals surface area contributed by atoms with E-state index in [9.17, 15) is 9.90 Å². The molecule has 1 amide bonds. The first-order chi connectivity index (χ1) is 15.7. The van der Waals surface area contributed by atoms with Crippen molar-refractivity contribution in [3.05, 3.63) is 118 Å². The van der Waals surface area contributed by atoms with Crippen LogP contribution >= 0.6 is 11.3 Å². The van der Waals surface area contributed by atoms with Crippen LogP contribution in [0, 0.1) is 0 Å². The van der Waals surface area contributed by atoms with Gasteiger partial charge in [-0.05, 0) is 23.1 Å². The summed E-state index contributed by atoms with van der Waals surface area (Å²) in [6.07, 6.45) is 0. The first-order valence-electron chi connectivity index (χ1n) is 10.3. The maximum atomic E-state index is 13.6. The summed E-state index contributed by atoms with van der Waals surface area (Å²) in [7, 11) is 0. The molecule has 4 nitrogen and oxygen atoms in total. The molecule has 0 saturated carbocycles. The molecular formula is C27H20N2O2S. The van der Waals surface area contributed by atoms with Gasteiger partial charge in [0.05, 0.1) is 17.1 Å². The molecule has 5 rings (SSSR count). The van der Waals surface area contributed by atoms with E-state index in [1.54, 1.807) is 11.3 Å². The van der Waals surface area contributed by atoms with Gasteiger partial charge in [-0.1, -0.05) is 84.9 Å². The number of carbonyl (C=O) groups is 1. The molecule has 0 aliphatic heterocycles. The standard InChI is InChI=1S/C27H20N2O2S/c30-26-23(20-14-7-8-15-21(20)28-25(26)19-12-5-2-6-13-19)27(31)29-24(22-16-9-17-32-22)18-10-3-1-4-11-18/h1-17,24,30H,(H,29,31). The first kappa shape index (κ1) is 20.0. The molecule has 0 aliphatic rings. The van der Waals surface area contributed by atoms with E-state index in [1.165, 1.54) is 0 Å². The summed E-state index contributed by atoms with van der Waals surface area (Å²) in [5.74, 6) is -0.467. The molecule has 2 N–H and O–H groups in total. The molecule has 0 aliphatic carbocycles. The Balaban J connectivity index is 1.63. The lowest BCUT2D eigenvalue weighted by molar-refractivity contribution is 0.0942. The van der Waals surface area contributed by atoms with E-state index >= 15 is 0 Å². The Morgan fingerprint density at radius 2 is 1.53 bits per heavy atom. The Kier molecular flexibility index (Phi) is 5.40. The van der Waals surface area contributed by atoms with Crippen LogP contribution in [0.1, 0.15) is 26.8 Å². The monoisotopic (exact) mass is 436 g/mol. The highest BCUT2D eigenvalue weighted by atomic mass is 32.1. The van der Waals surface area contributed by atoms with Crippen molar-refractivity contribution in [2.45, 2.75) is 6.04 Å². The van der Waals surface area contributed by atoms with Gasteiger partial charge >= 0.3 is 0 Å². The zero-order valence-electron chi connectivity index (χ0n) is 17.1. The number of carbonyl (C=O) groups excluding carboxylic acids is 1. The highest BCUT2D eigenvalue weighted by Crippen LogP contribution is 2.36. The molecule has 156 valence electrons. The summed E-state index contributed by atoms with van der Waals surface area (Å²) in [6.45, 7) is 0. The zero-order chi connectivity index (χ0) is 21.9. The molecule has 0 saturated heterocycles. The third kappa shape index (κ3) is 3.74. The second-order valence-electron chi connectivity index (χ2n) is 7.40. The number of hydrogen-bond donors (Lipinski definition) is 2. The predicted molar refractivity (Wildman–Crippen MR) is 129 cm³/mol. The number of fused-ring (bicyclic) bond motifs is 1. The van der Waals surface area contributed by atoms with Crippen LogP contribution in [0.5, 0.6) is 5.75 Å². The van der Waals surface area contributed by atoms with E-state index in [1.807, 2.05) is 102 Å². The van der Waals surface area contributed by atoms with Gasteiger partial charge < -0.3 is 10.4 Å². The maximum Gasteiger partial charge on any atom is 0.256 e. The van der Waals surface area contributed by atoms with E-state index in [4.69, 9.17) is 0 Å². The molecule has 0 bridgehead atoms. The van der Waals surface area contributed by atoms with E-state index < -0.39 is 0 Å². The molecule has 0 radical (unpaired) electrons. The number of rotatable bonds is 5. The van der Waals surface area contributed by atoms with Gasteiger partial charge in [0.15, 0.2) is 5.75 Å². The topological polar surface area (TPSA) is 62.2 Å². The average molecular weight is 437 g/mol. The number of thiophene rings is 1. The highest BCUT2D eigenvalue weighted by molar-refractivity contribution is 7.10. The second-order valence-corrected chi connectivity index (χ2v) is 8.38. The fraction of sp³-hybridized carbons (Fsp3) is 0.0370. The summed E-state index contributed by atoms with van der Waals surface area (Å²) < 4.78 is 0. The quantitative estimate of drug-likeness (QED) is 0.345. The number of nitrogens with zero attached hydrogens (tertiary/aromatic N) is 1. The van der Waals surface area contributed by atoms with Crippen molar-refractivity contribution in [1.29, 1.82) is 0 Å². The Hall–Kier alpha value is -3.96. The molecule has 2 heterocycles. The Bertz CT molecular complexity index is 1370. The molecule has 1 atom stereocenters. The lowest BCUT2D eigenvalue weighted by Gasteiger charge is -2.20. The fourth-order valence-corrected chi connectivity index (χ4v) is 4.65. The van der Waals surface area contributed by atoms with Crippen molar-refractivity contribution >= 4 is 28.1 Å². The van der Waals surface area contributed by atoms with Crippen LogP contribution < -0.4 is 5.32 Å². The van der Waals surface area contributed by atoms with Crippen molar-refractivity contribution < 1.29 is 9.90 Å². The number of hydrogen-bond acceptors (Lipinski definition) is 4. The minimum atomic E-state index is -0.347. The summed E-state index contributed by atoms with van der Waals surface area (Å²) in [5.41, 5.74) is 3.00. The molecule has 32 heavy (non-hydrogen) atoms. The van der Waals surface area contributed by atoms with Gasteiger partial charge in [0, 0.05) is 15.8 Å². The summed E-state index contributed by atoms with van der Waals surface area (Å²) >= 11 is 1.58. The third-order valence-electron chi connectivity index (χ3n) is 5.38. The molecular weight excluding hydrogens is 416 g/mol. The molecule has 5 aromatic rings. The van der Waals surface area contributed by atoms with Crippen LogP contribution in [0.4, 0.5) is 0 Å². The van der Waals surface area contributed by atoms with Crippen molar-refractivity contribution in [3.8, 4) is 17.0 Å². The molecule has 5 heteroatoms. The maximum absolute atomic E-state index is 13.6. The van der Waals surface area contributed by atoms with E-state index in [2.05, 4.69) is 10.3 Å². The smallest absolute Gasteiger partial charge is 0.256 e. The van der Waals surface area contributed by atoms with Gasteiger partial charge in [-0.15, -0.1) is 11.3 Å². The molecule has 2 aromatic heterocycles. The van der Waals surface area contributed by atoms with Gasteiger partial charge in [-0.25, -0.2) is 4.98 Å². The van der Waals surface area contributed by atoms with Gasteiger partial charge in [0.2, 0.25) is 0 Å². The molecule has 3 aromatic carbocycles. The highest BCUT2D eigenvalue weighted by Gasteiger charge is 2.25. The Morgan fingerprint density at radius 3 is 2.25 bits per heavy atom. The van der Waals surface area contributed by atoms with Gasteiger partial charge in [-0.3, -0.25) is 4.79 Å². The minimum Gasteiger partial charge on any atom is -0.505 e. The van der Waals surface area contributed by atoms with Crippen LogP contribution in [0.15, 0.2) is 102 Å². The lowest BCUT2D eigenvalue weighted by atomic mass is 10.0. The summed E-state index contributed by atoms with van der Waals surface area (Å²) in [5, 5.41) is 17.0. The number of aromatic hydroxyl groups is 1. The second kappa shape index (κ2) is 8.65. The number of benzene rings is 3. The number of nitrogens with one attached hydrogen (secondary N) is 1. The van der Waals surface area contributed by atoms with Crippen LogP contribution in [0.2, 0.25) is 0 Å². The van der Waals surface area contributed by atoms with Gasteiger partial charge in [0.25, 0.3) is 5.91 Å². The van der Waals surface area contributed by atoms with Gasteiger partial charge in [0.1, 0.15) is 5.69 Å². The van der Waals surface area contributed by atoms with Crippen molar-refractivity contribution in [2.75, 3.05) is 0 Å². The number of amides is 1.